The zero-order valence-electron chi connectivity index (χ0n) is 16.9. The Morgan fingerprint density at radius 1 is 0.897 bits per heavy atom. The van der Waals surface area contributed by atoms with E-state index in [2.05, 4.69) is 77.3 Å². The van der Waals surface area contributed by atoms with Gasteiger partial charge >= 0.3 is 0 Å². The Balaban J connectivity index is 1.45. The number of aryl methyl sites for hydroxylation is 1. The molecule has 0 bridgehead atoms. The summed E-state index contributed by atoms with van der Waals surface area (Å²) in [5.74, 6) is 1.40. The van der Waals surface area contributed by atoms with Crippen LogP contribution in [-0.2, 0) is 12.0 Å². The summed E-state index contributed by atoms with van der Waals surface area (Å²) in [6.45, 7) is 6.97. The molecule has 5 nitrogen and oxygen atoms in total. The molecule has 4 aromatic rings. The van der Waals surface area contributed by atoms with Crippen LogP contribution in [0.1, 0.15) is 36.2 Å². The summed E-state index contributed by atoms with van der Waals surface area (Å²) < 4.78 is 5.94. The third-order valence-corrected chi connectivity index (χ3v) is 5.18. The summed E-state index contributed by atoms with van der Waals surface area (Å²) in [7, 11) is 0. The van der Waals surface area contributed by atoms with E-state index in [4.69, 9.17) is 4.74 Å². The minimum atomic E-state index is -0.0721. The molecule has 4 rings (SSSR count). The first-order valence-corrected chi connectivity index (χ1v) is 9.65. The number of hydrogen-bond acceptors (Lipinski definition) is 4. The Morgan fingerprint density at radius 2 is 1.59 bits per heavy atom. The van der Waals surface area contributed by atoms with Gasteiger partial charge in [-0.3, -0.25) is 5.10 Å². The zero-order valence-corrected chi connectivity index (χ0v) is 16.9. The number of benzene rings is 2. The van der Waals surface area contributed by atoms with Crippen LogP contribution in [0.25, 0.3) is 11.5 Å². The van der Waals surface area contributed by atoms with Gasteiger partial charge in [-0.1, -0.05) is 55.8 Å². The molecule has 29 heavy (non-hydrogen) atoms. The van der Waals surface area contributed by atoms with E-state index in [1.165, 1.54) is 16.7 Å². The van der Waals surface area contributed by atoms with Gasteiger partial charge in [0.1, 0.15) is 18.1 Å². The largest absolute Gasteiger partial charge is 0.487 e. The van der Waals surface area contributed by atoms with Gasteiger partial charge < -0.3 is 4.74 Å². The lowest BCUT2D eigenvalue weighted by atomic mass is 9.78. The number of ether oxygens (including phenoxy) is 1. The smallest absolute Gasteiger partial charge is 0.180 e. The number of H-pyrrole nitrogens is 1. The summed E-state index contributed by atoms with van der Waals surface area (Å²) in [5.41, 5.74) is 5.27. The summed E-state index contributed by atoms with van der Waals surface area (Å²) >= 11 is 0. The van der Waals surface area contributed by atoms with Crippen LogP contribution in [0.5, 0.6) is 5.75 Å². The molecule has 2 aromatic carbocycles. The van der Waals surface area contributed by atoms with Crippen molar-refractivity contribution in [2.24, 2.45) is 0 Å². The van der Waals surface area contributed by atoms with Crippen molar-refractivity contribution in [2.75, 3.05) is 0 Å². The van der Waals surface area contributed by atoms with E-state index in [0.717, 1.165) is 17.1 Å². The molecule has 0 aliphatic rings. The molecular weight excluding hydrogens is 360 g/mol. The fraction of sp³-hybridized carbons (Fsp3) is 0.208. The highest BCUT2D eigenvalue weighted by Gasteiger charge is 2.22. The topological polar surface area (TPSA) is 63.7 Å². The van der Waals surface area contributed by atoms with Gasteiger partial charge in [0, 0.05) is 17.8 Å². The third-order valence-electron chi connectivity index (χ3n) is 5.18. The maximum Gasteiger partial charge on any atom is 0.180 e. The number of aromatic nitrogens is 4. The Morgan fingerprint density at radius 3 is 2.24 bits per heavy atom. The molecule has 0 atom stereocenters. The quantitative estimate of drug-likeness (QED) is 0.503. The Bertz CT molecular complexity index is 1070. The number of aromatic amines is 1. The fourth-order valence-corrected chi connectivity index (χ4v) is 3.25. The van der Waals surface area contributed by atoms with Crippen molar-refractivity contribution in [2.45, 2.75) is 32.8 Å². The highest BCUT2D eigenvalue weighted by atomic mass is 16.5. The van der Waals surface area contributed by atoms with Gasteiger partial charge in [0.25, 0.3) is 0 Å². The van der Waals surface area contributed by atoms with Crippen molar-refractivity contribution >= 4 is 0 Å². The number of nitrogens with one attached hydrogen (secondary N) is 1. The summed E-state index contributed by atoms with van der Waals surface area (Å²) in [6.07, 6.45) is 3.48. The van der Waals surface area contributed by atoms with Gasteiger partial charge in [0.05, 0.1) is 5.69 Å². The van der Waals surface area contributed by atoms with Crippen LogP contribution in [-0.4, -0.2) is 20.2 Å². The van der Waals surface area contributed by atoms with Crippen LogP contribution < -0.4 is 4.74 Å². The standard InChI is InChI=1S/C24H24N4O/c1-17-4-6-18(7-5-17)24(2,3)19-8-10-21(11-9-19)29-16-20-12-14-25-23(27-20)22-13-15-26-28-22/h4-15H,16H2,1-3H3,(H,26,28). The maximum atomic E-state index is 5.94. The normalized spacial score (nSPS) is 11.4. The minimum absolute atomic E-state index is 0.0721. The van der Waals surface area contributed by atoms with Gasteiger partial charge in [0.2, 0.25) is 0 Å². The van der Waals surface area contributed by atoms with E-state index in [9.17, 15) is 0 Å². The van der Waals surface area contributed by atoms with Gasteiger partial charge in [-0.15, -0.1) is 0 Å². The van der Waals surface area contributed by atoms with Crippen LogP contribution in [0.4, 0.5) is 0 Å². The first-order chi connectivity index (χ1) is 14.0. The lowest BCUT2D eigenvalue weighted by Crippen LogP contribution is -2.18. The van der Waals surface area contributed by atoms with E-state index >= 15 is 0 Å². The van der Waals surface area contributed by atoms with Crippen molar-refractivity contribution < 1.29 is 4.74 Å². The molecule has 0 aliphatic heterocycles. The molecule has 0 unspecified atom stereocenters. The van der Waals surface area contributed by atoms with Gasteiger partial charge in [-0.25, -0.2) is 9.97 Å². The number of hydrogen-bond donors (Lipinski definition) is 1. The van der Waals surface area contributed by atoms with Crippen LogP contribution in [0.2, 0.25) is 0 Å². The summed E-state index contributed by atoms with van der Waals surface area (Å²) in [6, 6.07) is 20.7. The average molecular weight is 384 g/mol. The van der Waals surface area contributed by atoms with Crippen LogP contribution in [0.3, 0.4) is 0 Å². The predicted molar refractivity (Wildman–Crippen MR) is 114 cm³/mol. The van der Waals surface area contributed by atoms with Crippen molar-refractivity contribution in [1.29, 1.82) is 0 Å². The first kappa shape index (κ1) is 18.9. The molecule has 5 heteroatoms. The lowest BCUT2D eigenvalue weighted by molar-refractivity contribution is 0.301. The number of rotatable bonds is 6. The van der Waals surface area contributed by atoms with E-state index in [-0.39, 0.29) is 5.41 Å². The Labute approximate surface area is 170 Å². The van der Waals surface area contributed by atoms with Crippen LogP contribution >= 0.6 is 0 Å². The molecule has 1 N–H and O–H groups in total. The van der Waals surface area contributed by atoms with E-state index in [1.54, 1.807) is 12.4 Å². The average Bonchev–Trinajstić information content (AvgIpc) is 3.28. The monoisotopic (exact) mass is 384 g/mol. The van der Waals surface area contributed by atoms with Crippen LogP contribution in [0, 0.1) is 6.92 Å². The van der Waals surface area contributed by atoms with Gasteiger partial charge in [0.15, 0.2) is 5.82 Å². The second-order valence-electron chi connectivity index (χ2n) is 7.64. The molecule has 0 saturated heterocycles. The summed E-state index contributed by atoms with van der Waals surface area (Å²) in [4.78, 5) is 8.78. The SMILES string of the molecule is Cc1ccc(C(C)(C)c2ccc(OCc3ccnc(-c4cc[nH]n4)n3)cc2)cc1. The molecule has 0 amide bonds. The highest BCUT2D eigenvalue weighted by molar-refractivity contribution is 5.47. The minimum Gasteiger partial charge on any atom is -0.487 e. The maximum absolute atomic E-state index is 5.94. The Kier molecular flexibility index (Phi) is 5.12. The predicted octanol–water partition coefficient (Wildman–Crippen LogP) is 5.08. The van der Waals surface area contributed by atoms with Gasteiger partial charge in [-0.2, -0.15) is 5.10 Å². The molecule has 146 valence electrons. The Hall–Kier alpha value is -3.47. The molecule has 0 spiro atoms. The van der Waals surface area contributed by atoms with E-state index < -0.39 is 0 Å². The third kappa shape index (κ3) is 4.19. The molecule has 2 heterocycles. The van der Waals surface area contributed by atoms with Crippen molar-refractivity contribution in [3.05, 3.63) is 95.4 Å². The second kappa shape index (κ2) is 7.87. The highest BCUT2D eigenvalue weighted by Crippen LogP contribution is 2.32. The number of nitrogens with zero attached hydrogens (tertiary/aromatic N) is 3. The zero-order chi connectivity index (χ0) is 20.3. The van der Waals surface area contributed by atoms with Crippen molar-refractivity contribution in [3.8, 4) is 17.3 Å². The second-order valence-corrected chi connectivity index (χ2v) is 7.64. The fourth-order valence-electron chi connectivity index (χ4n) is 3.25. The van der Waals surface area contributed by atoms with E-state index in [0.29, 0.717) is 12.4 Å². The molecule has 0 saturated carbocycles. The van der Waals surface area contributed by atoms with Crippen molar-refractivity contribution in [3.63, 3.8) is 0 Å². The molecular formula is C24H24N4O. The molecule has 0 radical (unpaired) electrons. The first-order valence-electron chi connectivity index (χ1n) is 9.65. The van der Waals surface area contributed by atoms with E-state index in [1.807, 2.05) is 24.3 Å². The van der Waals surface area contributed by atoms with Crippen LogP contribution in [0.15, 0.2) is 73.1 Å². The molecule has 2 aromatic heterocycles. The summed E-state index contributed by atoms with van der Waals surface area (Å²) in [5, 5.41) is 6.89. The molecule has 0 fully saturated rings. The van der Waals surface area contributed by atoms with Gasteiger partial charge in [-0.05, 0) is 42.3 Å². The lowest BCUT2D eigenvalue weighted by Gasteiger charge is -2.26. The molecule has 0 aliphatic carbocycles. The van der Waals surface area contributed by atoms with Crippen molar-refractivity contribution in [1.82, 2.24) is 20.2 Å².